The molecule has 3 heteroatoms. The summed E-state index contributed by atoms with van der Waals surface area (Å²) >= 11 is 3.42. The third kappa shape index (κ3) is 11.4. The number of halogens is 1. The van der Waals surface area contributed by atoms with Crippen molar-refractivity contribution >= 4 is 44.4 Å². The predicted molar refractivity (Wildman–Crippen MR) is 242 cm³/mol. The molecular weight excluding hydrogens is 732 g/mol. The Morgan fingerprint density at radius 2 is 0.709 bits per heavy atom. The molecule has 0 saturated carbocycles. The lowest BCUT2D eigenvalue weighted by Gasteiger charge is -2.26. The van der Waals surface area contributed by atoms with E-state index in [9.17, 15) is 0 Å². The minimum atomic E-state index is 0. The summed E-state index contributed by atoms with van der Waals surface area (Å²) in [6, 6.07) is 72.1. The Labute approximate surface area is 337 Å². The van der Waals surface area contributed by atoms with E-state index < -0.39 is 0 Å². The first-order valence-electron chi connectivity index (χ1n) is 18.6. The van der Waals surface area contributed by atoms with Gasteiger partial charge in [0, 0.05) is 32.9 Å². The average Bonchev–Trinajstić information content (AvgIpc) is 3.20. The second-order valence-corrected chi connectivity index (χ2v) is 14.6. The van der Waals surface area contributed by atoms with Gasteiger partial charge in [0.25, 0.3) is 0 Å². The van der Waals surface area contributed by atoms with Crippen LogP contribution in [0.3, 0.4) is 0 Å². The molecule has 1 N–H and O–H groups in total. The highest BCUT2D eigenvalue weighted by atomic mass is 79.9. The lowest BCUT2D eigenvalue weighted by Crippen LogP contribution is -2.10. The van der Waals surface area contributed by atoms with Crippen molar-refractivity contribution in [3.63, 3.8) is 0 Å². The molecule has 0 amide bonds. The SMILES string of the molecule is Brc1ccc(-c2ccccc2)cc1.Cc1cccc(N(c2ccc(-c3ccccc3)cc2)c2cccc(C)c2)c1.Cc1cccc(Nc2cccc(C)c2)c1.[3H-]. The normalized spacial score (nSPS) is 10.3. The smallest absolute Gasteiger partial charge is 0.0464 e. The van der Waals surface area contributed by atoms with Gasteiger partial charge in [-0.3, -0.25) is 0 Å². The standard InChI is InChI=1S/C26H23N.C14H15N.C12H9Br.H/c1-20-8-6-12-25(18-20)27(26-13-7-9-21(2)19-26)24-16-14-23(15-17-24)22-10-4-3-5-11-22;1-11-5-3-7-13(9-11)15-14-8-4-6-12(2)10-14;13-12-8-6-11(7-9-12)10-4-2-1-3-5-10;/h3-19H,1-2H3;3-10,15H,1-2H3;1-9H;/q;;;-1/i;;;1+2. The zero-order valence-corrected chi connectivity index (χ0v) is 33.5. The minimum absolute atomic E-state index is 0. The Morgan fingerprint density at radius 3 is 1.11 bits per heavy atom. The summed E-state index contributed by atoms with van der Waals surface area (Å²) in [6.07, 6.45) is 0. The second kappa shape index (κ2) is 19.3. The molecule has 0 aliphatic rings. The van der Waals surface area contributed by atoms with Crippen LogP contribution in [0.4, 0.5) is 28.4 Å². The fraction of sp³-hybridized carbons (Fsp3) is 0.0769. The fourth-order valence-corrected chi connectivity index (χ4v) is 6.56. The van der Waals surface area contributed by atoms with Crippen LogP contribution < -0.4 is 10.2 Å². The van der Waals surface area contributed by atoms with E-state index >= 15 is 0 Å². The van der Waals surface area contributed by atoms with Crippen LogP contribution >= 0.6 is 15.9 Å². The summed E-state index contributed by atoms with van der Waals surface area (Å²) in [5.41, 5.74) is 15.8. The molecule has 8 aromatic carbocycles. The third-order valence-corrected chi connectivity index (χ3v) is 9.56. The Morgan fingerprint density at radius 1 is 0.345 bits per heavy atom. The quantitative estimate of drug-likeness (QED) is 0.173. The number of nitrogens with zero attached hydrogens (tertiary/aromatic N) is 1. The van der Waals surface area contributed by atoms with Crippen LogP contribution in [0.5, 0.6) is 0 Å². The number of aryl methyl sites for hydroxylation is 4. The van der Waals surface area contributed by atoms with Crippen LogP contribution in [0.2, 0.25) is 0 Å². The zero-order valence-electron chi connectivity index (χ0n) is 33.0. The molecule has 0 radical (unpaired) electrons. The highest BCUT2D eigenvalue weighted by Gasteiger charge is 2.13. The third-order valence-electron chi connectivity index (χ3n) is 9.03. The second-order valence-electron chi connectivity index (χ2n) is 13.7. The van der Waals surface area contributed by atoms with E-state index in [1.165, 1.54) is 55.9 Å². The van der Waals surface area contributed by atoms with Gasteiger partial charge in [-0.1, -0.05) is 149 Å². The molecule has 274 valence electrons. The van der Waals surface area contributed by atoms with Gasteiger partial charge in [0.15, 0.2) is 0 Å². The lowest BCUT2D eigenvalue weighted by molar-refractivity contribution is 1.26. The summed E-state index contributed by atoms with van der Waals surface area (Å²) in [7, 11) is 0. The van der Waals surface area contributed by atoms with Crippen LogP contribution in [0.1, 0.15) is 23.7 Å². The van der Waals surface area contributed by atoms with E-state index in [1.807, 2.05) is 6.07 Å². The lowest BCUT2D eigenvalue weighted by atomic mass is 10.0. The maximum atomic E-state index is 3.42. The molecule has 0 atom stereocenters. The Hall–Kier alpha value is -6.16. The van der Waals surface area contributed by atoms with E-state index in [0.717, 1.165) is 21.5 Å². The first-order valence-corrected chi connectivity index (χ1v) is 19.4. The monoisotopic (exact) mass is 781 g/mol. The average molecular weight is 783 g/mol. The van der Waals surface area contributed by atoms with Gasteiger partial charge in [0.05, 0.1) is 0 Å². The van der Waals surface area contributed by atoms with Gasteiger partial charge >= 0.3 is 0 Å². The van der Waals surface area contributed by atoms with Crippen molar-refractivity contribution in [2.24, 2.45) is 0 Å². The van der Waals surface area contributed by atoms with Gasteiger partial charge in [-0.2, -0.15) is 0 Å². The number of anilines is 5. The molecule has 0 aromatic heterocycles. The van der Waals surface area contributed by atoms with E-state index in [4.69, 9.17) is 0 Å². The number of nitrogens with one attached hydrogen (secondary N) is 1. The van der Waals surface area contributed by atoms with Crippen molar-refractivity contribution in [2.45, 2.75) is 27.7 Å². The Bertz CT molecular complexity index is 2300. The Balaban J connectivity index is 0.000000175. The molecule has 0 saturated heterocycles. The first-order chi connectivity index (χ1) is 26.8. The summed E-state index contributed by atoms with van der Waals surface area (Å²) in [5, 5.41) is 3.39. The number of hydrogen-bond donors (Lipinski definition) is 1. The molecule has 8 aromatic rings. The van der Waals surface area contributed by atoms with Gasteiger partial charge in [0.1, 0.15) is 0 Å². The van der Waals surface area contributed by atoms with E-state index in [-0.39, 0.29) is 1.43 Å². The molecule has 55 heavy (non-hydrogen) atoms. The fourth-order valence-electron chi connectivity index (χ4n) is 6.30. The van der Waals surface area contributed by atoms with Crippen LogP contribution in [-0.4, -0.2) is 0 Å². The summed E-state index contributed by atoms with van der Waals surface area (Å²) in [5.74, 6) is 0. The molecule has 8 rings (SSSR count). The van der Waals surface area contributed by atoms with Gasteiger partial charge in [0.2, 0.25) is 0 Å². The highest BCUT2D eigenvalue weighted by molar-refractivity contribution is 9.10. The maximum absolute atomic E-state index is 3.42. The summed E-state index contributed by atoms with van der Waals surface area (Å²) in [6.45, 7) is 8.47. The van der Waals surface area contributed by atoms with Crippen LogP contribution in [0, 0.1) is 27.7 Å². The van der Waals surface area contributed by atoms with E-state index in [2.05, 4.69) is 254 Å². The summed E-state index contributed by atoms with van der Waals surface area (Å²) in [4.78, 5) is 2.31. The molecule has 0 spiro atoms. The van der Waals surface area contributed by atoms with Crippen LogP contribution in [0.25, 0.3) is 22.3 Å². The van der Waals surface area contributed by atoms with Crippen molar-refractivity contribution < 1.29 is 1.43 Å². The maximum Gasteiger partial charge on any atom is 0.0464 e. The van der Waals surface area contributed by atoms with Crippen molar-refractivity contribution in [1.82, 2.24) is 0 Å². The van der Waals surface area contributed by atoms with Crippen molar-refractivity contribution in [3.8, 4) is 22.3 Å². The molecule has 0 bridgehead atoms. The topological polar surface area (TPSA) is 15.3 Å². The minimum Gasteiger partial charge on any atom is -1.00 e. The van der Waals surface area contributed by atoms with Gasteiger partial charge in [-0.05, 0) is 145 Å². The molecule has 0 aliphatic carbocycles. The van der Waals surface area contributed by atoms with Gasteiger partial charge < -0.3 is 11.6 Å². The zero-order chi connectivity index (χ0) is 38.4. The van der Waals surface area contributed by atoms with Gasteiger partial charge in [-0.25, -0.2) is 0 Å². The highest BCUT2D eigenvalue weighted by Crippen LogP contribution is 2.36. The molecule has 2 nitrogen and oxygen atoms in total. The number of rotatable bonds is 7. The predicted octanol–water partition coefficient (Wildman–Crippen LogP) is 15.7. The molecule has 0 fully saturated rings. The number of hydrogen-bond acceptors (Lipinski definition) is 2. The Kier molecular flexibility index (Phi) is 13.5. The first kappa shape index (κ1) is 38.6. The van der Waals surface area contributed by atoms with Crippen molar-refractivity contribution in [2.75, 3.05) is 10.2 Å². The van der Waals surface area contributed by atoms with Crippen molar-refractivity contribution in [1.29, 1.82) is 0 Å². The van der Waals surface area contributed by atoms with E-state index in [1.54, 1.807) is 0 Å². The number of benzene rings is 8. The van der Waals surface area contributed by atoms with Gasteiger partial charge in [-0.15, -0.1) is 0 Å². The molecule has 0 heterocycles. The molecule has 0 unspecified atom stereocenters. The largest absolute Gasteiger partial charge is 1.00 e. The molecule has 0 aliphatic heterocycles. The molecular formula is C52H48BrN2-. The van der Waals surface area contributed by atoms with Crippen LogP contribution in [-0.2, 0) is 0 Å². The van der Waals surface area contributed by atoms with Crippen LogP contribution in [0.15, 0.2) is 211 Å². The summed E-state index contributed by atoms with van der Waals surface area (Å²) < 4.78 is 1.12. The van der Waals surface area contributed by atoms with E-state index in [0.29, 0.717) is 0 Å². The van der Waals surface area contributed by atoms with Crippen molar-refractivity contribution in [3.05, 3.63) is 233 Å².